The molecule has 2 aromatic rings. The summed E-state index contributed by atoms with van der Waals surface area (Å²) in [6.45, 7) is 3.92. The maximum absolute atomic E-state index is 12.0. The molecule has 2 amide bonds. The summed E-state index contributed by atoms with van der Waals surface area (Å²) in [5.41, 5.74) is 1.42. The zero-order valence-electron chi connectivity index (χ0n) is 14.6. The second-order valence-electron chi connectivity index (χ2n) is 5.79. The molecule has 0 heterocycles. The largest absolute Gasteiger partial charge is 0.491 e. The van der Waals surface area contributed by atoms with E-state index in [1.807, 2.05) is 50.2 Å². The fourth-order valence-corrected chi connectivity index (χ4v) is 3.10. The summed E-state index contributed by atoms with van der Waals surface area (Å²) >= 11 is 4.62. The summed E-state index contributed by atoms with van der Waals surface area (Å²) in [4.78, 5) is 23.9. The molecule has 7 heteroatoms. The van der Waals surface area contributed by atoms with Crippen molar-refractivity contribution in [2.75, 3.05) is 22.1 Å². The van der Waals surface area contributed by atoms with Crippen molar-refractivity contribution in [3.8, 4) is 5.75 Å². The van der Waals surface area contributed by atoms with E-state index >= 15 is 0 Å². The van der Waals surface area contributed by atoms with Crippen LogP contribution in [-0.2, 0) is 9.59 Å². The number of carbonyl (C=O) groups is 2. The van der Waals surface area contributed by atoms with Gasteiger partial charge >= 0.3 is 0 Å². The molecule has 0 saturated carbocycles. The van der Waals surface area contributed by atoms with Gasteiger partial charge in [-0.05, 0) is 56.3 Å². The SMILES string of the molecule is CC(C)Oc1ccc(NC(=O)CSCC(=O)Nc2cccc(Br)c2)cc1. The second-order valence-corrected chi connectivity index (χ2v) is 7.69. The van der Waals surface area contributed by atoms with Crippen LogP contribution in [0.2, 0.25) is 0 Å². The molecule has 0 aliphatic heterocycles. The Morgan fingerprint density at radius 2 is 1.62 bits per heavy atom. The summed E-state index contributed by atoms with van der Waals surface area (Å²) in [6, 6.07) is 14.6. The molecule has 0 atom stereocenters. The third-order valence-electron chi connectivity index (χ3n) is 3.08. The van der Waals surface area contributed by atoms with Gasteiger partial charge in [0.05, 0.1) is 17.6 Å². The van der Waals surface area contributed by atoms with Crippen LogP contribution in [0.3, 0.4) is 0 Å². The van der Waals surface area contributed by atoms with Crippen molar-refractivity contribution in [1.29, 1.82) is 0 Å². The molecule has 0 bridgehead atoms. The number of carbonyl (C=O) groups excluding carboxylic acids is 2. The minimum atomic E-state index is -0.150. The molecule has 0 aliphatic carbocycles. The van der Waals surface area contributed by atoms with Crippen molar-refractivity contribution in [1.82, 2.24) is 0 Å². The van der Waals surface area contributed by atoms with Crippen LogP contribution in [0.1, 0.15) is 13.8 Å². The molecule has 2 aromatic carbocycles. The number of hydrogen-bond donors (Lipinski definition) is 2. The molecule has 5 nitrogen and oxygen atoms in total. The summed E-state index contributed by atoms with van der Waals surface area (Å²) in [7, 11) is 0. The van der Waals surface area contributed by atoms with Gasteiger partial charge < -0.3 is 15.4 Å². The molecule has 0 unspecified atom stereocenters. The van der Waals surface area contributed by atoms with Crippen LogP contribution >= 0.6 is 27.7 Å². The maximum atomic E-state index is 12.0. The number of halogens is 1. The van der Waals surface area contributed by atoms with Gasteiger partial charge in [0.2, 0.25) is 11.8 Å². The molecular formula is C19H21BrN2O3S. The van der Waals surface area contributed by atoms with E-state index in [0.717, 1.165) is 15.9 Å². The normalized spacial score (nSPS) is 10.5. The molecule has 0 aliphatic rings. The highest BCUT2D eigenvalue weighted by atomic mass is 79.9. The Bertz CT molecular complexity index is 751. The molecule has 0 fully saturated rings. The van der Waals surface area contributed by atoms with E-state index in [1.165, 1.54) is 11.8 Å². The smallest absolute Gasteiger partial charge is 0.234 e. The van der Waals surface area contributed by atoms with Gasteiger partial charge in [0.1, 0.15) is 5.75 Å². The fourth-order valence-electron chi connectivity index (χ4n) is 2.09. The fraction of sp³-hybridized carbons (Fsp3) is 0.263. The van der Waals surface area contributed by atoms with Gasteiger partial charge in [-0.15, -0.1) is 11.8 Å². The number of hydrogen-bond acceptors (Lipinski definition) is 4. The van der Waals surface area contributed by atoms with Crippen molar-refractivity contribution in [2.45, 2.75) is 20.0 Å². The lowest BCUT2D eigenvalue weighted by atomic mass is 10.3. The van der Waals surface area contributed by atoms with Gasteiger partial charge in [0.15, 0.2) is 0 Å². The first-order valence-corrected chi connectivity index (χ1v) is 10.1. The second kappa shape index (κ2) is 10.2. The minimum Gasteiger partial charge on any atom is -0.491 e. The predicted octanol–water partition coefficient (Wildman–Crippen LogP) is 4.55. The molecular weight excluding hydrogens is 416 g/mol. The van der Waals surface area contributed by atoms with Gasteiger partial charge in [-0.25, -0.2) is 0 Å². The first-order chi connectivity index (χ1) is 12.4. The van der Waals surface area contributed by atoms with E-state index in [2.05, 4.69) is 26.6 Å². The Balaban J connectivity index is 1.70. The number of thioether (sulfide) groups is 1. The van der Waals surface area contributed by atoms with Crippen LogP contribution in [0, 0.1) is 0 Å². The highest BCUT2D eigenvalue weighted by Gasteiger charge is 2.07. The molecule has 0 radical (unpaired) electrons. The van der Waals surface area contributed by atoms with Crippen LogP contribution in [0.15, 0.2) is 53.0 Å². The lowest BCUT2D eigenvalue weighted by Crippen LogP contribution is -2.18. The monoisotopic (exact) mass is 436 g/mol. The lowest BCUT2D eigenvalue weighted by Gasteiger charge is -2.10. The van der Waals surface area contributed by atoms with Crippen molar-refractivity contribution < 1.29 is 14.3 Å². The third-order valence-corrected chi connectivity index (χ3v) is 4.51. The molecule has 0 aromatic heterocycles. The van der Waals surface area contributed by atoms with Gasteiger partial charge in [0.25, 0.3) is 0 Å². The molecule has 0 saturated heterocycles. The maximum Gasteiger partial charge on any atom is 0.234 e. The summed E-state index contributed by atoms with van der Waals surface area (Å²) < 4.78 is 6.45. The molecule has 0 spiro atoms. The number of amides is 2. The Kier molecular flexibility index (Phi) is 8.00. The number of rotatable bonds is 8. The van der Waals surface area contributed by atoms with E-state index in [1.54, 1.807) is 12.1 Å². The highest BCUT2D eigenvalue weighted by Crippen LogP contribution is 2.18. The summed E-state index contributed by atoms with van der Waals surface area (Å²) in [5, 5.41) is 5.59. The van der Waals surface area contributed by atoms with E-state index in [9.17, 15) is 9.59 Å². The van der Waals surface area contributed by atoms with Crippen molar-refractivity contribution >= 4 is 50.9 Å². The standard InChI is InChI=1S/C19H21BrN2O3S/c1-13(2)25-17-8-6-15(7-9-17)21-18(23)11-26-12-19(24)22-16-5-3-4-14(20)10-16/h3-10,13H,11-12H2,1-2H3,(H,21,23)(H,22,24). The Morgan fingerprint density at radius 3 is 2.19 bits per heavy atom. The van der Waals surface area contributed by atoms with Gasteiger partial charge in [0, 0.05) is 15.8 Å². The number of ether oxygens (including phenoxy) is 1. The minimum absolute atomic E-state index is 0.106. The zero-order chi connectivity index (χ0) is 18.9. The van der Waals surface area contributed by atoms with E-state index < -0.39 is 0 Å². The molecule has 138 valence electrons. The lowest BCUT2D eigenvalue weighted by molar-refractivity contribution is -0.114. The Hall–Kier alpha value is -1.99. The van der Waals surface area contributed by atoms with E-state index in [0.29, 0.717) is 5.69 Å². The summed E-state index contributed by atoms with van der Waals surface area (Å²) in [5.74, 6) is 0.882. The van der Waals surface area contributed by atoms with Crippen molar-refractivity contribution in [2.24, 2.45) is 0 Å². The predicted molar refractivity (Wildman–Crippen MR) is 111 cm³/mol. The Labute approximate surface area is 166 Å². The van der Waals surface area contributed by atoms with Crippen LogP contribution < -0.4 is 15.4 Å². The van der Waals surface area contributed by atoms with E-state index in [4.69, 9.17) is 4.74 Å². The van der Waals surface area contributed by atoms with Crippen LogP contribution in [0.4, 0.5) is 11.4 Å². The summed E-state index contributed by atoms with van der Waals surface area (Å²) in [6.07, 6.45) is 0.106. The van der Waals surface area contributed by atoms with Gasteiger partial charge in [-0.3, -0.25) is 9.59 Å². The van der Waals surface area contributed by atoms with Crippen molar-refractivity contribution in [3.63, 3.8) is 0 Å². The third kappa shape index (κ3) is 7.49. The number of anilines is 2. The molecule has 26 heavy (non-hydrogen) atoms. The number of nitrogens with one attached hydrogen (secondary N) is 2. The van der Waals surface area contributed by atoms with Gasteiger partial charge in [-0.1, -0.05) is 22.0 Å². The highest BCUT2D eigenvalue weighted by molar-refractivity contribution is 9.10. The average Bonchev–Trinajstić information content (AvgIpc) is 2.56. The van der Waals surface area contributed by atoms with Crippen LogP contribution in [0.5, 0.6) is 5.75 Å². The van der Waals surface area contributed by atoms with E-state index in [-0.39, 0.29) is 29.4 Å². The topological polar surface area (TPSA) is 67.4 Å². The van der Waals surface area contributed by atoms with Crippen molar-refractivity contribution in [3.05, 3.63) is 53.0 Å². The van der Waals surface area contributed by atoms with Crippen LogP contribution in [0.25, 0.3) is 0 Å². The Morgan fingerprint density at radius 1 is 1.00 bits per heavy atom. The molecule has 2 rings (SSSR count). The first-order valence-electron chi connectivity index (χ1n) is 8.12. The average molecular weight is 437 g/mol. The zero-order valence-corrected chi connectivity index (χ0v) is 17.0. The molecule has 2 N–H and O–H groups in total. The first kappa shape index (κ1) is 20.3. The van der Waals surface area contributed by atoms with Gasteiger partial charge in [-0.2, -0.15) is 0 Å². The quantitative estimate of drug-likeness (QED) is 0.636. The van der Waals surface area contributed by atoms with Crippen LogP contribution in [-0.4, -0.2) is 29.4 Å². The number of benzene rings is 2.